The van der Waals surface area contributed by atoms with E-state index < -0.39 is 29.1 Å². The Balaban J connectivity index is 1.79. The highest BCUT2D eigenvalue weighted by atomic mass is 19.4. The Bertz CT molecular complexity index is 863. The predicted octanol–water partition coefficient (Wildman–Crippen LogP) is 2.01. The van der Waals surface area contributed by atoms with Gasteiger partial charge in [0.1, 0.15) is 0 Å². The van der Waals surface area contributed by atoms with E-state index in [4.69, 9.17) is 0 Å². The molecule has 1 aromatic heterocycles. The number of para-hydroxylation sites is 1. The van der Waals surface area contributed by atoms with Gasteiger partial charge in [0, 0.05) is 5.92 Å². The number of aromatic nitrogens is 2. The van der Waals surface area contributed by atoms with Gasteiger partial charge in [-0.05, 0) is 24.5 Å². The maximum atomic E-state index is 13.1. The maximum absolute atomic E-state index is 13.1. The van der Waals surface area contributed by atoms with Crippen molar-refractivity contribution in [2.75, 3.05) is 0 Å². The lowest BCUT2D eigenvalue weighted by atomic mass is 10.2. The molecule has 0 radical (unpaired) electrons. The molecule has 1 heterocycles. The molecule has 0 aliphatic heterocycles. The highest BCUT2D eigenvalue weighted by molar-refractivity contribution is 5.96. The predicted molar refractivity (Wildman–Crippen MR) is 83.1 cm³/mol. The molecule has 0 bridgehead atoms. The molecule has 0 spiro atoms. The van der Waals surface area contributed by atoms with E-state index in [2.05, 4.69) is 16.0 Å². The highest BCUT2D eigenvalue weighted by Crippen LogP contribution is 2.37. The highest BCUT2D eigenvalue weighted by Gasteiger charge is 2.39. The number of aromatic hydroxyl groups is 1. The van der Waals surface area contributed by atoms with Crippen molar-refractivity contribution >= 4 is 11.8 Å². The first-order valence-corrected chi connectivity index (χ1v) is 7.74. The quantitative estimate of drug-likeness (QED) is 0.722. The molecule has 10 heteroatoms. The maximum Gasteiger partial charge on any atom is 0.418 e. The monoisotopic (exact) mass is 368 g/mol. The second kappa shape index (κ2) is 6.36. The molecule has 0 unspecified atom stereocenters. The Hall–Kier alpha value is -3.04. The molecule has 2 amide bonds. The normalized spacial score (nSPS) is 19.1. The lowest BCUT2D eigenvalue weighted by Crippen LogP contribution is -2.42. The van der Waals surface area contributed by atoms with Gasteiger partial charge < -0.3 is 5.11 Å². The Morgan fingerprint density at radius 1 is 1.27 bits per heavy atom. The Kier molecular flexibility index (Phi) is 4.34. The number of hydrazine groups is 1. The summed E-state index contributed by atoms with van der Waals surface area (Å²) in [6, 6.07) is 4.62. The van der Waals surface area contributed by atoms with Gasteiger partial charge in [0.05, 0.1) is 17.4 Å². The summed E-state index contributed by atoms with van der Waals surface area (Å²) in [6.45, 7) is 1.89. The van der Waals surface area contributed by atoms with Gasteiger partial charge in [-0.3, -0.25) is 20.4 Å². The van der Waals surface area contributed by atoms with Crippen molar-refractivity contribution in [3.63, 3.8) is 0 Å². The summed E-state index contributed by atoms with van der Waals surface area (Å²) in [5, 5.41) is 13.6. The molecular formula is C16H15F3N4O3. The van der Waals surface area contributed by atoms with Crippen molar-refractivity contribution in [2.45, 2.75) is 19.5 Å². The van der Waals surface area contributed by atoms with Crippen molar-refractivity contribution in [2.24, 2.45) is 11.8 Å². The van der Waals surface area contributed by atoms with Crippen LogP contribution in [-0.4, -0.2) is 26.7 Å². The van der Waals surface area contributed by atoms with E-state index in [0.717, 1.165) is 29.4 Å². The fraction of sp³-hybridized carbons (Fsp3) is 0.312. The Morgan fingerprint density at radius 2 is 1.92 bits per heavy atom. The van der Waals surface area contributed by atoms with Crippen molar-refractivity contribution in [3.05, 3.63) is 41.7 Å². The van der Waals surface area contributed by atoms with E-state index in [1.165, 1.54) is 12.1 Å². The first kappa shape index (κ1) is 17.8. The van der Waals surface area contributed by atoms with Crippen LogP contribution < -0.4 is 10.9 Å². The summed E-state index contributed by atoms with van der Waals surface area (Å²) >= 11 is 0. The van der Waals surface area contributed by atoms with Crippen molar-refractivity contribution in [3.8, 4) is 11.4 Å². The van der Waals surface area contributed by atoms with Gasteiger partial charge >= 0.3 is 6.18 Å². The fourth-order valence-electron chi connectivity index (χ4n) is 2.52. The molecule has 1 aromatic carbocycles. The number of carbonyl (C=O) groups excluding carboxylic acids is 2. The number of halogens is 3. The minimum atomic E-state index is -4.63. The smallest absolute Gasteiger partial charge is 0.418 e. The second-order valence-corrected chi connectivity index (χ2v) is 6.09. The molecule has 3 rings (SSSR count). The van der Waals surface area contributed by atoms with Gasteiger partial charge in [-0.15, -0.1) is 0 Å². The summed E-state index contributed by atoms with van der Waals surface area (Å²) in [5.74, 6) is -1.87. The first-order valence-electron chi connectivity index (χ1n) is 7.74. The van der Waals surface area contributed by atoms with E-state index in [1.807, 2.05) is 6.92 Å². The standard InChI is InChI=1S/C16H15F3N4O3/c1-8-6-9(8)14(25)20-21-15(26)13-12(24)7-23(22-13)11-5-3-2-4-10(11)16(17,18)19/h2-5,7-9,24H,6H2,1H3,(H,20,25)(H,21,26)/t8-,9-/m0/s1. The van der Waals surface area contributed by atoms with E-state index in [1.54, 1.807) is 0 Å². The molecule has 26 heavy (non-hydrogen) atoms. The van der Waals surface area contributed by atoms with E-state index in [9.17, 15) is 27.9 Å². The number of nitrogens with one attached hydrogen (secondary N) is 2. The summed E-state index contributed by atoms with van der Waals surface area (Å²) in [4.78, 5) is 23.7. The third kappa shape index (κ3) is 3.48. The average Bonchev–Trinajstić information content (AvgIpc) is 3.19. The molecule has 1 fully saturated rings. The SMILES string of the molecule is C[C@H]1C[C@@H]1C(=O)NNC(=O)c1nn(-c2ccccc2C(F)(F)F)cc1O. The fourth-order valence-corrected chi connectivity index (χ4v) is 2.52. The molecule has 1 saturated carbocycles. The van der Waals surface area contributed by atoms with Crippen LogP contribution >= 0.6 is 0 Å². The zero-order chi connectivity index (χ0) is 19.1. The number of alkyl halides is 3. The summed E-state index contributed by atoms with van der Waals surface area (Å²) in [7, 11) is 0. The van der Waals surface area contributed by atoms with Crippen LogP contribution in [0.4, 0.5) is 13.2 Å². The van der Waals surface area contributed by atoms with Gasteiger partial charge in [-0.25, -0.2) is 4.68 Å². The van der Waals surface area contributed by atoms with Gasteiger partial charge in [0.15, 0.2) is 11.4 Å². The van der Waals surface area contributed by atoms with E-state index in [0.29, 0.717) is 0 Å². The van der Waals surface area contributed by atoms with Crippen LogP contribution in [0, 0.1) is 11.8 Å². The number of hydrogen-bond acceptors (Lipinski definition) is 4. The number of nitrogens with zero attached hydrogens (tertiary/aromatic N) is 2. The number of rotatable bonds is 3. The third-order valence-corrected chi connectivity index (χ3v) is 4.11. The molecule has 1 aliphatic rings. The molecule has 3 N–H and O–H groups in total. The van der Waals surface area contributed by atoms with Crippen LogP contribution in [0.3, 0.4) is 0 Å². The first-order chi connectivity index (χ1) is 12.2. The van der Waals surface area contributed by atoms with Crippen LogP contribution in [0.1, 0.15) is 29.4 Å². The van der Waals surface area contributed by atoms with Crippen molar-refractivity contribution in [1.29, 1.82) is 0 Å². The molecule has 2 atom stereocenters. The van der Waals surface area contributed by atoms with Crippen LogP contribution in [0.2, 0.25) is 0 Å². The van der Waals surface area contributed by atoms with Gasteiger partial charge in [-0.2, -0.15) is 18.3 Å². The van der Waals surface area contributed by atoms with Crippen LogP contribution in [0.5, 0.6) is 5.75 Å². The zero-order valence-electron chi connectivity index (χ0n) is 13.5. The second-order valence-electron chi connectivity index (χ2n) is 6.09. The molecular weight excluding hydrogens is 353 g/mol. The van der Waals surface area contributed by atoms with Gasteiger partial charge in [0.25, 0.3) is 5.91 Å². The topological polar surface area (TPSA) is 96.3 Å². The lowest BCUT2D eigenvalue weighted by molar-refractivity contribution is -0.137. The zero-order valence-corrected chi connectivity index (χ0v) is 13.5. The van der Waals surface area contributed by atoms with E-state index >= 15 is 0 Å². The van der Waals surface area contributed by atoms with E-state index in [-0.39, 0.29) is 23.4 Å². The summed E-state index contributed by atoms with van der Waals surface area (Å²) < 4.78 is 40.0. The van der Waals surface area contributed by atoms with Crippen molar-refractivity contribution in [1.82, 2.24) is 20.6 Å². The molecule has 2 aromatic rings. The number of carbonyl (C=O) groups is 2. The Morgan fingerprint density at radius 3 is 2.54 bits per heavy atom. The molecule has 7 nitrogen and oxygen atoms in total. The summed E-state index contributed by atoms with van der Waals surface area (Å²) in [6.07, 6.45) is -3.02. The Labute approximate surface area is 145 Å². The molecule has 138 valence electrons. The van der Waals surface area contributed by atoms with Crippen LogP contribution in [0.25, 0.3) is 5.69 Å². The summed E-state index contributed by atoms with van der Waals surface area (Å²) in [5.41, 5.74) is 2.48. The third-order valence-electron chi connectivity index (χ3n) is 4.11. The van der Waals surface area contributed by atoms with Crippen LogP contribution in [0.15, 0.2) is 30.5 Å². The number of benzene rings is 1. The molecule has 0 saturated heterocycles. The lowest BCUT2D eigenvalue weighted by Gasteiger charge is -2.12. The van der Waals surface area contributed by atoms with Crippen molar-refractivity contribution < 1.29 is 27.9 Å². The minimum absolute atomic E-state index is 0.180. The number of hydrogen-bond donors (Lipinski definition) is 3. The van der Waals surface area contributed by atoms with Gasteiger partial charge in [-0.1, -0.05) is 19.1 Å². The van der Waals surface area contributed by atoms with Crippen LogP contribution in [-0.2, 0) is 11.0 Å². The average molecular weight is 368 g/mol. The minimum Gasteiger partial charge on any atom is -0.504 e. The largest absolute Gasteiger partial charge is 0.504 e. The molecule has 1 aliphatic carbocycles. The number of amides is 2. The van der Waals surface area contributed by atoms with Gasteiger partial charge in [0.2, 0.25) is 5.91 Å².